The fraction of sp³-hybridized carbons (Fsp3) is 0.238. The van der Waals surface area contributed by atoms with E-state index in [1.54, 1.807) is 0 Å². The Bertz CT molecular complexity index is 965. The van der Waals surface area contributed by atoms with E-state index in [1.165, 1.54) is 11.3 Å². The fourth-order valence-electron chi connectivity index (χ4n) is 3.18. The minimum absolute atomic E-state index is 0.162. The van der Waals surface area contributed by atoms with Crippen LogP contribution in [-0.4, -0.2) is 49.0 Å². The van der Waals surface area contributed by atoms with Crippen molar-refractivity contribution in [2.45, 2.75) is 0 Å². The molecule has 1 amide bonds. The Hall–Kier alpha value is -2.41. The molecule has 28 heavy (non-hydrogen) atoms. The van der Waals surface area contributed by atoms with Crippen molar-refractivity contribution in [1.82, 2.24) is 9.88 Å². The maximum atomic E-state index is 12.6. The second kappa shape index (κ2) is 8.31. The lowest BCUT2D eigenvalue weighted by Crippen LogP contribution is -2.44. The number of anilines is 2. The van der Waals surface area contributed by atoms with Crippen LogP contribution in [0.5, 0.6) is 0 Å². The minimum atomic E-state index is -0.162. The molecule has 0 radical (unpaired) electrons. The highest BCUT2D eigenvalue weighted by Crippen LogP contribution is 2.30. The van der Waals surface area contributed by atoms with E-state index in [0.29, 0.717) is 15.7 Å². The van der Waals surface area contributed by atoms with Gasteiger partial charge in [0.15, 0.2) is 5.13 Å². The Balaban J connectivity index is 1.42. The van der Waals surface area contributed by atoms with Gasteiger partial charge in [-0.25, -0.2) is 4.98 Å². The van der Waals surface area contributed by atoms with E-state index in [2.05, 4.69) is 27.1 Å². The van der Waals surface area contributed by atoms with Crippen LogP contribution in [0, 0.1) is 0 Å². The van der Waals surface area contributed by atoms with Crippen LogP contribution >= 0.6 is 22.9 Å². The number of likely N-dealkylation sites (N-methyl/N-ethyl adjacent to an activating group) is 1. The highest BCUT2D eigenvalue weighted by Gasteiger charge is 2.15. The van der Waals surface area contributed by atoms with Crippen LogP contribution < -0.4 is 10.2 Å². The molecule has 1 fully saturated rings. The molecule has 2 aromatic carbocycles. The standard InChI is InChI=1S/C21H21ClN4OS/c1-25-10-12-26(13-11-25)16-8-6-15(7-9-16)20(27)24-21-23-19(14-28-21)17-4-2-3-5-18(17)22/h2-9,14H,10-13H2,1H3,(H,23,24,27). The second-order valence-electron chi connectivity index (χ2n) is 6.81. The summed E-state index contributed by atoms with van der Waals surface area (Å²) in [6.45, 7) is 4.12. The smallest absolute Gasteiger partial charge is 0.257 e. The first kappa shape index (κ1) is 18.9. The predicted octanol–water partition coefficient (Wildman–Crippen LogP) is 4.47. The molecule has 0 atom stereocenters. The number of carbonyl (C=O) groups excluding carboxylic acids is 1. The summed E-state index contributed by atoms with van der Waals surface area (Å²) >= 11 is 7.61. The summed E-state index contributed by atoms with van der Waals surface area (Å²) in [5, 5.41) is 5.98. The maximum absolute atomic E-state index is 12.6. The maximum Gasteiger partial charge on any atom is 0.257 e. The third-order valence-electron chi connectivity index (χ3n) is 4.87. The third-order valence-corrected chi connectivity index (χ3v) is 5.96. The number of hydrogen-bond donors (Lipinski definition) is 1. The number of amides is 1. The molecule has 0 bridgehead atoms. The van der Waals surface area contributed by atoms with Gasteiger partial charge in [-0.1, -0.05) is 29.8 Å². The highest BCUT2D eigenvalue weighted by atomic mass is 35.5. The number of aromatic nitrogens is 1. The highest BCUT2D eigenvalue weighted by molar-refractivity contribution is 7.14. The molecular weight excluding hydrogens is 392 g/mol. The van der Waals surface area contributed by atoms with E-state index in [1.807, 2.05) is 53.9 Å². The number of nitrogens with zero attached hydrogens (tertiary/aromatic N) is 3. The van der Waals surface area contributed by atoms with Gasteiger partial charge in [-0.15, -0.1) is 11.3 Å². The molecule has 144 valence electrons. The third kappa shape index (κ3) is 4.19. The molecule has 0 aliphatic carbocycles. The van der Waals surface area contributed by atoms with Gasteiger partial charge < -0.3 is 9.80 Å². The zero-order chi connectivity index (χ0) is 19.5. The molecule has 2 heterocycles. The molecule has 7 heteroatoms. The number of rotatable bonds is 4. The van der Waals surface area contributed by atoms with Crippen molar-refractivity contribution in [3.8, 4) is 11.3 Å². The summed E-state index contributed by atoms with van der Waals surface area (Å²) in [6, 6.07) is 15.3. The monoisotopic (exact) mass is 412 g/mol. The van der Waals surface area contributed by atoms with E-state index in [9.17, 15) is 4.79 Å². The number of carbonyl (C=O) groups is 1. The summed E-state index contributed by atoms with van der Waals surface area (Å²) in [6.07, 6.45) is 0. The average molecular weight is 413 g/mol. The quantitative estimate of drug-likeness (QED) is 0.686. The Labute approximate surface area is 173 Å². The summed E-state index contributed by atoms with van der Waals surface area (Å²) < 4.78 is 0. The first-order valence-electron chi connectivity index (χ1n) is 9.15. The Kier molecular flexibility index (Phi) is 5.62. The topological polar surface area (TPSA) is 48.5 Å². The van der Waals surface area contributed by atoms with Gasteiger partial charge in [-0.05, 0) is 37.4 Å². The van der Waals surface area contributed by atoms with Gasteiger partial charge in [0.1, 0.15) is 0 Å². The van der Waals surface area contributed by atoms with Gasteiger partial charge in [-0.2, -0.15) is 0 Å². The zero-order valence-electron chi connectivity index (χ0n) is 15.6. The van der Waals surface area contributed by atoms with Gasteiger partial charge >= 0.3 is 0 Å². The predicted molar refractivity (Wildman–Crippen MR) is 117 cm³/mol. The van der Waals surface area contributed by atoms with Crippen molar-refractivity contribution in [3.05, 3.63) is 64.5 Å². The summed E-state index contributed by atoms with van der Waals surface area (Å²) in [7, 11) is 2.14. The Morgan fingerprint density at radius 2 is 1.79 bits per heavy atom. The lowest BCUT2D eigenvalue weighted by Gasteiger charge is -2.34. The first-order valence-corrected chi connectivity index (χ1v) is 10.4. The van der Waals surface area contributed by atoms with Crippen molar-refractivity contribution in [2.75, 3.05) is 43.4 Å². The zero-order valence-corrected chi connectivity index (χ0v) is 17.1. The number of piperazine rings is 1. The number of benzene rings is 2. The van der Waals surface area contributed by atoms with Gasteiger partial charge in [0.05, 0.1) is 5.69 Å². The number of hydrogen-bond acceptors (Lipinski definition) is 5. The van der Waals surface area contributed by atoms with Crippen molar-refractivity contribution >= 4 is 39.7 Å². The van der Waals surface area contributed by atoms with Crippen molar-refractivity contribution < 1.29 is 4.79 Å². The minimum Gasteiger partial charge on any atom is -0.369 e. The molecule has 4 rings (SSSR count). The molecule has 0 spiro atoms. The summed E-state index contributed by atoms with van der Waals surface area (Å²) in [5.74, 6) is -0.162. The molecule has 1 aromatic heterocycles. The lowest BCUT2D eigenvalue weighted by molar-refractivity contribution is 0.102. The molecule has 1 aliphatic heterocycles. The van der Waals surface area contributed by atoms with Crippen molar-refractivity contribution in [3.63, 3.8) is 0 Å². The van der Waals surface area contributed by atoms with Gasteiger partial charge in [0, 0.05) is 53.4 Å². The van der Waals surface area contributed by atoms with E-state index in [-0.39, 0.29) is 5.91 Å². The average Bonchev–Trinajstić information content (AvgIpc) is 3.17. The molecule has 0 saturated carbocycles. The molecule has 5 nitrogen and oxygen atoms in total. The van der Waals surface area contributed by atoms with Crippen LogP contribution in [0.4, 0.5) is 10.8 Å². The lowest BCUT2D eigenvalue weighted by atomic mass is 10.1. The SMILES string of the molecule is CN1CCN(c2ccc(C(=O)Nc3nc(-c4ccccc4Cl)cs3)cc2)CC1. The second-order valence-corrected chi connectivity index (χ2v) is 8.07. The fourth-order valence-corrected chi connectivity index (χ4v) is 4.12. The molecular formula is C21H21ClN4OS. The number of halogens is 1. The van der Waals surface area contributed by atoms with Crippen LogP contribution in [0.3, 0.4) is 0 Å². The summed E-state index contributed by atoms with van der Waals surface area (Å²) in [4.78, 5) is 21.7. The van der Waals surface area contributed by atoms with Crippen LogP contribution in [0.15, 0.2) is 53.9 Å². The van der Waals surface area contributed by atoms with Crippen molar-refractivity contribution in [1.29, 1.82) is 0 Å². The molecule has 1 N–H and O–H groups in total. The van der Waals surface area contributed by atoms with E-state index < -0.39 is 0 Å². The van der Waals surface area contributed by atoms with E-state index in [0.717, 1.165) is 43.1 Å². The van der Waals surface area contributed by atoms with Crippen LogP contribution in [0.25, 0.3) is 11.3 Å². The van der Waals surface area contributed by atoms with Gasteiger partial charge in [-0.3, -0.25) is 10.1 Å². The Morgan fingerprint density at radius 3 is 2.50 bits per heavy atom. The van der Waals surface area contributed by atoms with Gasteiger partial charge in [0.2, 0.25) is 0 Å². The van der Waals surface area contributed by atoms with Crippen LogP contribution in [0.1, 0.15) is 10.4 Å². The summed E-state index contributed by atoms with van der Waals surface area (Å²) in [5.41, 5.74) is 3.39. The first-order chi connectivity index (χ1) is 13.6. The van der Waals surface area contributed by atoms with Gasteiger partial charge in [0.25, 0.3) is 5.91 Å². The van der Waals surface area contributed by atoms with E-state index >= 15 is 0 Å². The van der Waals surface area contributed by atoms with Crippen LogP contribution in [0.2, 0.25) is 5.02 Å². The Morgan fingerprint density at radius 1 is 1.07 bits per heavy atom. The largest absolute Gasteiger partial charge is 0.369 e. The number of nitrogens with one attached hydrogen (secondary N) is 1. The molecule has 3 aromatic rings. The van der Waals surface area contributed by atoms with E-state index in [4.69, 9.17) is 11.6 Å². The molecule has 1 saturated heterocycles. The number of thiazole rings is 1. The van der Waals surface area contributed by atoms with Crippen LogP contribution in [-0.2, 0) is 0 Å². The molecule has 1 aliphatic rings. The molecule has 0 unspecified atom stereocenters. The normalized spacial score (nSPS) is 14.9. The van der Waals surface area contributed by atoms with Crippen molar-refractivity contribution in [2.24, 2.45) is 0 Å².